The van der Waals surface area contributed by atoms with E-state index in [2.05, 4.69) is 18.7 Å². The van der Waals surface area contributed by atoms with E-state index in [0.29, 0.717) is 23.5 Å². The summed E-state index contributed by atoms with van der Waals surface area (Å²) in [4.78, 5) is 17.1. The van der Waals surface area contributed by atoms with E-state index in [4.69, 9.17) is 5.73 Å². The standard InChI is InChI=1S/C16H28N4O/c1-5-19-11-13(17)10-15(19)16(21)18(4)14-6-8-20(9-7-14)12(2)3/h10-12,14H,5-9,17H2,1-4H3. The topological polar surface area (TPSA) is 54.5 Å². The van der Waals surface area contributed by atoms with Gasteiger partial charge in [0.05, 0.1) is 5.69 Å². The summed E-state index contributed by atoms with van der Waals surface area (Å²) in [5.74, 6) is 0.0801. The number of nitrogen functional groups attached to an aromatic ring is 1. The van der Waals surface area contributed by atoms with Gasteiger partial charge in [-0.05, 0) is 39.7 Å². The van der Waals surface area contributed by atoms with Crippen LogP contribution >= 0.6 is 0 Å². The zero-order valence-corrected chi connectivity index (χ0v) is 13.7. The molecule has 2 heterocycles. The highest BCUT2D eigenvalue weighted by Crippen LogP contribution is 2.20. The number of aryl methyl sites for hydroxylation is 1. The summed E-state index contributed by atoms with van der Waals surface area (Å²) in [5.41, 5.74) is 7.18. The molecule has 1 amide bonds. The summed E-state index contributed by atoms with van der Waals surface area (Å²) in [6, 6.07) is 2.70. The first-order chi connectivity index (χ1) is 9.93. The molecule has 0 radical (unpaired) electrons. The van der Waals surface area contributed by atoms with Crippen LogP contribution in [0, 0.1) is 0 Å². The predicted octanol–water partition coefficient (Wildman–Crippen LogP) is 2.03. The van der Waals surface area contributed by atoms with Gasteiger partial charge < -0.3 is 20.1 Å². The van der Waals surface area contributed by atoms with E-state index in [-0.39, 0.29) is 5.91 Å². The molecule has 1 aromatic heterocycles. The van der Waals surface area contributed by atoms with E-state index in [9.17, 15) is 4.79 Å². The molecule has 2 rings (SSSR count). The first-order valence-corrected chi connectivity index (χ1v) is 7.90. The predicted molar refractivity (Wildman–Crippen MR) is 86.3 cm³/mol. The maximum absolute atomic E-state index is 12.7. The smallest absolute Gasteiger partial charge is 0.270 e. The van der Waals surface area contributed by atoms with Gasteiger partial charge in [-0.15, -0.1) is 0 Å². The minimum absolute atomic E-state index is 0.0801. The quantitative estimate of drug-likeness (QED) is 0.924. The van der Waals surface area contributed by atoms with E-state index in [1.54, 1.807) is 6.07 Å². The number of nitrogens with two attached hydrogens (primary N) is 1. The average Bonchev–Trinajstić information content (AvgIpc) is 2.86. The second kappa shape index (κ2) is 6.52. The van der Waals surface area contributed by atoms with E-state index in [1.807, 2.05) is 29.6 Å². The van der Waals surface area contributed by atoms with Crippen molar-refractivity contribution in [2.45, 2.75) is 52.2 Å². The van der Waals surface area contributed by atoms with Gasteiger partial charge in [-0.3, -0.25) is 4.79 Å². The zero-order chi connectivity index (χ0) is 15.6. The van der Waals surface area contributed by atoms with Crippen molar-refractivity contribution in [1.82, 2.24) is 14.4 Å². The number of aromatic nitrogens is 1. The summed E-state index contributed by atoms with van der Waals surface area (Å²) < 4.78 is 1.93. The number of piperidine rings is 1. The number of rotatable bonds is 4. The third-order valence-corrected chi connectivity index (χ3v) is 4.57. The molecular formula is C16H28N4O. The number of amides is 1. The van der Waals surface area contributed by atoms with Gasteiger partial charge in [0, 0.05) is 45.0 Å². The fourth-order valence-corrected chi connectivity index (χ4v) is 3.11. The first kappa shape index (κ1) is 15.9. The van der Waals surface area contributed by atoms with Crippen LogP contribution in [-0.4, -0.2) is 52.5 Å². The van der Waals surface area contributed by atoms with E-state index in [1.165, 1.54) is 0 Å². The third kappa shape index (κ3) is 3.40. The second-order valence-electron chi connectivity index (χ2n) is 6.22. The molecule has 0 atom stereocenters. The Morgan fingerprint density at radius 1 is 1.43 bits per heavy atom. The van der Waals surface area contributed by atoms with Gasteiger partial charge in [0.1, 0.15) is 5.69 Å². The van der Waals surface area contributed by atoms with Crippen molar-refractivity contribution in [3.63, 3.8) is 0 Å². The Morgan fingerprint density at radius 2 is 2.05 bits per heavy atom. The Hall–Kier alpha value is -1.49. The van der Waals surface area contributed by atoms with E-state index >= 15 is 0 Å². The minimum atomic E-state index is 0.0801. The highest BCUT2D eigenvalue weighted by Gasteiger charge is 2.28. The lowest BCUT2D eigenvalue weighted by molar-refractivity contribution is 0.0605. The number of hydrogen-bond donors (Lipinski definition) is 1. The van der Waals surface area contributed by atoms with Crippen molar-refractivity contribution in [3.05, 3.63) is 18.0 Å². The van der Waals surface area contributed by atoms with Crippen LogP contribution in [0.4, 0.5) is 5.69 Å². The maximum atomic E-state index is 12.7. The van der Waals surface area contributed by atoms with E-state index < -0.39 is 0 Å². The largest absolute Gasteiger partial charge is 0.397 e. The van der Waals surface area contributed by atoms with Gasteiger partial charge in [0.25, 0.3) is 5.91 Å². The second-order valence-corrected chi connectivity index (χ2v) is 6.22. The lowest BCUT2D eigenvalue weighted by Gasteiger charge is -2.38. The number of anilines is 1. The molecule has 5 nitrogen and oxygen atoms in total. The van der Waals surface area contributed by atoms with Crippen molar-refractivity contribution >= 4 is 11.6 Å². The van der Waals surface area contributed by atoms with Crippen molar-refractivity contribution in [3.8, 4) is 0 Å². The van der Waals surface area contributed by atoms with Crippen molar-refractivity contribution in [1.29, 1.82) is 0 Å². The number of carbonyl (C=O) groups excluding carboxylic acids is 1. The molecule has 0 saturated carbocycles. The SMILES string of the molecule is CCn1cc(N)cc1C(=O)N(C)C1CCN(C(C)C)CC1. The Morgan fingerprint density at radius 3 is 2.57 bits per heavy atom. The normalized spacial score (nSPS) is 17.4. The summed E-state index contributed by atoms with van der Waals surface area (Å²) >= 11 is 0. The molecule has 0 aromatic carbocycles. The van der Waals surface area contributed by atoms with Crippen molar-refractivity contribution in [2.24, 2.45) is 0 Å². The average molecular weight is 292 g/mol. The third-order valence-electron chi connectivity index (χ3n) is 4.57. The van der Waals surface area contributed by atoms with Crippen molar-refractivity contribution in [2.75, 3.05) is 25.9 Å². The number of carbonyl (C=O) groups is 1. The van der Waals surface area contributed by atoms with Crippen LogP contribution in [0.1, 0.15) is 44.1 Å². The van der Waals surface area contributed by atoms with Gasteiger partial charge in [-0.1, -0.05) is 0 Å². The van der Waals surface area contributed by atoms with Gasteiger partial charge in [-0.25, -0.2) is 0 Å². The number of hydrogen-bond acceptors (Lipinski definition) is 3. The monoisotopic (exact) mass is 292 g/mol. The molecule has 1 aliphatic heterocycles. The molecule has 1 fully saturated rings. The van der Waals surface area contributed by atoms with Crippen LogP contribution in [0.2, 0.25) is 0 Å². The molecule has 0 unspecified atom stereocenters. The molecule has 1 aliphatic rings. The van der Waals surface area contributed by atoms with Crippen molar-refractivity contribution < 1.29 is 4.79 Å². The van der Waals surface area contributed by atoms with Gasteiger partial charge in [-0.2, -0.15) is 0 Å². The molecule has 5 heteroatoms. The Bertz CT molecular complexity index is 486. The van der Waals surface area contributed by atoms with E-state index in [0.717, 1.165) is 32.5 Å². The molecule has 0 aliphatic carbocycles. The molecule has 21 heavy (non-hydrogen) atoms. The molecule has 0 spiro atoms. The van der Waals surface area contributed by atoms with Crippen LogP contribution in [0.5, 0.6) is 0 Å². The minimum Gasteiger partial charge on any atom is -0.397 e. The summed E-state index contributed by atoms with van der Waals surface area (Å²) in [7, 11) is 1.92. The van der Waals surface area contributed by atoms with Crippen LogP contribution in [0.15, 0.2) is 12.3 Å². The summed E-state index contributed by atoms with van der Waals surface area (Å²) in [6.07, 6.45) is 3.92. The van der Waals surface area contributed by atoms with Gasteiger partial charge in [0.2, 0.25) is 0 Å². The zero-order valence-electron chi connectivity index (χ0n) is 13.7. The van der Waals surface area contributed by atoms with Gasteiger partial charge in [0.15, 0.2) is 0 Å². The molecule has 1 saturated heterocycles. The molecule has 118 valence electrons. The number of nitrogens with zero attached hydrogens (tertiary/aromatic N) is 3. The van der Waals surface area contributed by atoms with Crippen LogP contribution in [-0.2, 0) is 6.54 Å². The highest BCUT2D eigenvalue weighted by atomic mass is 16.2. The van der Waals surface area contributed by atoms with Gasteiger partial charge >= 0.3 is 0 Å². The lowest BCUT2D eigenvalue weighted by atomic mass is 10.0. The Kier molecular flexibility index (Phi) is 4.93. The highest BCUT2D eigenvalue weighted by molar-refractivity contribution is 5.93. The summed E-state index contributed by atoms with van der Waals surface area (Å²) in [5, 5.41) is 0. The lowest BCUT2D eigenvalue weighted by Crippen LogP contribution is -2.47. The number of likely N-dealkylation sites (tertiary alicyclic amines) is 1. The van der Waals surface area contributed by atoms with Crippen LogP contribution < -0.4 is 5.73 Å². The molecule has 0 bridgehead atoms. The fraction of sp³-hybridized carbons (Fsp3) is 0.688. The molecule has 2 N–H and O–H groups in total. The maximum Gasteiger partial charge on any atom is 0.270 e. The fourth-order valence-electron chi connectivity index (χ4n) is 3.11. The summed E-state index contributed by atoms with van der Waals surface area (Å²) in [6.45, 7) is 9.38. The van der Waals surface area contributed by atoms with Crippen LogP contribution in [0.25, 0.3) is 0 Å². The molecular weight excluding hydrogens is 264 g/mol. The Balaban J connectivity index is 2.03. The first-order valence-electron chi connectivity index (χ1n) is 7.90. The van der Waals surface area contributed by atoms with Crippen LogP contribution in [0.3, 0.4) is 0 Å². The Labute approximate surface area is 127 Å². The molecule has 1 aromatic rings.